The second-order valence-electron chi connectivity index (χ2n) is 15.0. The molecule has 0 aromatic carbocycles. The maximum Gasteiger partial charge on any atom is 0.145 e. The van der Waals surface area contributed by atoms with Crippen LogP contribution in [-0.4, -0.2) is 31.2 Å². The molecule has 2 unspecified atom stereocenters. The molecule has 2 atom stereocenters. The van der Waals surface area contributed by atoms with Crippen molar-refractivity contribution >= 4 is 5.78 Å². The van der Waals surface area contributed by atoms with Gasteiger partial charge in [-0.1, -0.05) is 79.1 Å². The zero-order valence-electron chi connectivity index (χ0n) is 27.2. The highest BCUT2D eigenvalue weighted by Gasteiger charge is 2.58. The van der Waals surface area contributed by atoms with Crippen molar-refractivity contribution in [2.75, 3.05) is 13.2 Å². The maximum atomic E-state index is 15.6. The first-order chi connectivity index (χ1) is 19.4. The molecule has 40 heavy (non-hydrogen) atoms. The second-order valence-corrected chi connectivity index (χ2v) is 15.0. The summed E-state index contributed by atoms with van der Waals surface area (Å²) in [5.74, 6) is 2.93. The predicted molar refractivity (Wildman–Crippen MR) is 168 cm³/mol. The Bertz CT molecular complexity index is 662. The Labute approximate surface area is 248 Å². The Hall–Kier alpha value is -0.410. The van der Waals surface area contributed by atoms with Crippen molar-refractivity contribution in [1.29, 1.82) is 0 Å². The van der Waals surface area contributed by atoms with Crippen LogP contribution in [-0.2, 0) is 14.3 Å². The molecule has 0 aromatic heterocycles. The zero-order chi connectivity index (χ0) is 28.4. The maximum absolute atomic E-state index is 15.6. The monoisotopic (exact) mass is 559 g/mol. The van der Waals surface area contributed by atoms with Gasteiger partial charge in [-0.15, -0.1) is 0 Å². The van der Waals surface area contributed by atoms with Gasteiger partial charge in [-0.05, 0) is 114 Å². The van der Waals surface area contributed by atoms with Crippen LogP contribution in [0.3, 0.4) is 0 Å². The highest BCUT2D eigenvalue weighted by Crippen LogP contribution is 2.58. The van der Waals surface area contributed by atoms with E-state index in [1.165, 1.54) is 116 Å². The Morgan fingerprint density at radius 2 is 0.850 bits per heavy atom. The Morgan fingerprint density at radius 1 is 0.525 bits per heavy atom. The van der Waals surface area contributed by atoms with Gasteiger partial charge in [0.05, 0.1) is 12.2 Å². The number of ketones is 1. The van der Waals surface area contributed by atoms with Crippen molar-refractivity contribution < 1.29 is 14.3 Å². The molecule has 4 saturated carbocycles. The van der Waals surface area contributed by atoms with Crippen LogP contribution in [0.4, 0.5) is 0 Å². The van der Waals surface area contributed by atoms with Gasteiger partial charge >= 0.3 is 0 Å². The average molecular weight is 559 g/mol. The van der Waals surface area contributed by atoms with Crippen LogP contribution in [0.5, 0.6) is 0 Å². The fraction of sp³-hybridized carbons (Fsp3) is 0.973. The average Bonchev–Trinajstić information content (AvgIpc) is 3.01. The summed E-state index contributed by atoms with van der Waals surface area (Å²) in [4.78, 5) is 15.6. The molecule has 3 nitrogen and oxygen atoms in total. The normalized spacial score (nSPS) is 32.3. The van der Waals surface area contributed by atoms with E-state index in [0.717, 1.165) is 38.9 Å². The Balaban J connectivity index is 1.56. The number of carbonyl (C=O) groups excluding carboxylic acids is 1. The number of ether oxygens (including phenoxy) is 2. The Morgan fingerprint density at radius 3 is 1.18 bits per heavy atom. The highest BCUT2D eigenvalue weighted by molar-refractivity contribution is 5.91. The molecule has 4 aliphatic carbocycles. The number of hydrogen-bond acceptors (Lipinski definition) is 3. The number of carbonyl (C=O) groups is 1. The summed E-state index contributed by atoms with van der Waals surface area (Å²) < 4.78 is 12.6. The summed E-state index contributed by atoms with van der Waals surface area (Å²) in [6.07, 6.45) is 28.1. The van der Waals surface area contributed by atoms with E-state index in [1.807, 2.05) is 0 Å². The van der Waals surface area contributed by atoms with Gasteiger partial charge in [-0.25, -0.2) is 0 Å². The first kappa shape index (κ1) is 32.5. The first-order valence-electron chi connectivity index (χ1n) is 18.2. The van der Waals surface area contributed by atoms with Crippen LogP contribution >= 0.6 is 0 Å². The fourth-order valence-corrected chi connectivity index (χ4v) is 9.84. The molecule has 0 amide bonds. The minimum absolute atomic E-state index is 0.171. The quantitative estimate of drug-likeness (QED) is 0.199. The van der Waals surface area contributed by atoms with E-state index in [0.29, 0.717) is 41.7 Å². The summed E-state index contributed by atoms with van der Waals surface area (Å²) in [7, 11) is 0. The number of unbranched alkanes of at least 4 members (excludes halogenated alkanes) is 2. The largest absolute Gasteiger partial charge is 0.378 e. The van der Waals surface area contributed by atoms with Crippen molar-refractivity contribution in [1.82, 2.24) is 0 Å². The van der Waals surface area contributed by atoms with Crippen molar-refractivity contribution in [3.8, 4) is 0 Å². The van der Waals surface area contributed by atoms with Crippen molar-refractivity contribution in [3.63, 3.8) is 0 Å². The summed E-state index contributed by atoms with van der Waals surface area (Å²) >= 11 is 0. The van der Waals surface area contributed by atoms with Crippen LogP contribution in [0.15, 0.2) is 0 Å². The van der Waals surface area contributed by atoms with E-state index in [-0.39, 0.29) is 10.8 Å². The van der Waals surface area contributed by atoms with Crippen molar-refractivity contribution in [2.24, 2.45) is 34.5 Å². The first-order valence-corrected chi connectivity index (χ1v) is 18.2. The molecule has 0 saturated heterocycles. The molecule has 0 N–H and O–H groups in total. The van der Waals surface area contributed by atoms with E-state index < -0.39 is 0 Å². The van der Waals surface area contributed by atoms with Crippen molar-refractivity contribution in [2.45, 2.75) is 181 Å². The molecule has 0 heterocycles. The van der Waals surface area contributed by atoms with Crippen LogP contribution < -0.4 is 0 Å². The van der Waals surface area contributed by atoms with Crippen LogP contribution in [0.1, 0.15) is 169 Å². The lowest BCUT2D eigenvalue weighted by Crippen LogP contribution is -2.56. The summed E-state index contributed by atoms with van der Waals surface area (Å²) in [5.41, 5.74) is -0.342. The molecule has 0 bridgehead atoms. The van der Waals surface area contributed by atoms with Crippen molar-refractivity contribution in [3.05, 3.63) is 0 Å². The minimum atomic E-state index is -0.171. The standard InChI is InChI=1S/C37H66O3/c1-5-7-27-39-33-23-19-31(20-24-33)36(3,29-15-11-9-12-16-29)35(38)37(4,30-17-13-10-14-18-30)32-21-25-34(26-22-32)40-28-8-6-2/h29-34H,5-28H2,1-4H3. The van der Waals surface area contributed by atoms with E-state index in [9.17, 15) is 0 Å². The molecule has 0 aromatic rings. The van der Waals surface area contributed by atoms with Crippen LogP contribution in [0.2, 0.25) is 0 Å². The number of rotatable bonds is 14. The molecular weight excluding hydrogens is 492 g/mol. The van der Waals surface area contributed by atoms with Gasteiger partial charge in [0.1, 0.15) is 5.78 Å². The summed E-state index contributed by atoms with van der Waals surface area (Å²) in [5, 5.41) is 0. The lowest BCUT2D eigenvalue weighted by Gasteiger charge is -2.55. The molecule has 0 aliphatic heterocycles. The molecule has 4 aliphatic rings. The molecule has 3 heteroatoms. The van der Waals surface area contributed by atoms with Gasteiger partial charge < -0.3 is 9.47 Å². The SMILES string of the molecule is CCCCOC1CCC(C(C)(C(=O)C(C)(C2CCCCC2)C2CCC(OCCCC)CC2)C2CCCCC2)CC1. The molecule has 0 radical (unpaired) electrons. The third-order valence-electron chi connectivity index (χ3n) is 12.6. The van der Waals surface area contributed by atoms with Gasteiger partial charge in [0.25, 0.3) is 0 Å². The minimum Gasteiger partial charge on any atom is -0.378 e. The Kier molecular flexibility index (Phi) is 12.9. The predicted octanol–water partition coefficient (Wildman–Crippen LogP) is 10.5. The smallest absolute Gasteiger partial charge is 0.145 e. The van der Waals surface area contributed by atoms with Crippen LogP contribution in [0, 0.1) is 34.5 Å². The lowest BCUT2D eigenvalue weighted by atomic mass is 9.48. The molecule has 4 rings (SSSR count). The summed E-state index contributed by atoms with van der Waals surface area (Å²) in [6.45, 7) is 11.3. The lowest BCUT2D eigenvalue weighted by molar-refractivity contribution is -0.159. The number of Topliss-reactive ketones (excluding diaryl/α,β-unsaturated/α-hetero) is 1. The third kappa shape index (κ3) is 7.56. The molecule has 4 fully saturated rings. The van der Waals surface area contributed by atoms with E-state index >= 15 is 4.79 Å². The molecule has 232 valence electrons. The summed E-state index contributed by atoms with van der Waals surface area (Å²) in [6, 6.07) is 0. The number of hydrogen-bond donors (Lipinski definition) is 0. The fourth-order valence-electron chi connectivity index (χ4n) is 9.84. The van der Waals surface area contributed by atoms with Gasteiger partial charge in [-0.2, -0.15) is 0 Å². The van der Waals surface area contributed by atoms with E-state index in [1.54, 1.807) is 0 Å². The van der Waals surface area contributed by atoms with E-state index in [4.69, 9.17) is 9.47 Å². The third-order valence-corrected chi connectivity index (χ3v) is 12.6. The molecular formula is C37H66O3. The highest BCUT2D eigenvalue weighted by atomic mass is 16.5. The van der Waals surface area contributed by atoms with Gasteiger partial charge in [0.15, 0.2) is 0 Å². The van der Waals surface area contributed by atoms with Gasteiger partial charge in [0, 0.05) is 24.0 Å². The van der Waals surface area contributed by atoms with Crippen LogP contribution in [0.25, 0.3) is 0 Å². The molecule has 0 spiro atoms. The van der Waals surface area contributed by atoms with E-state index in [2.05, 4.69) is 27.7 Å². The second kappa shape index (κ2) is 15.9. The topological polar surface area (TPSA) is 35.5 Å². The van der Waals surface area contributed by atoms with Gasteiger partial charge in [-0.3, -0.25) is 4.79 Å². The van der Waals surface area contributed by atoms with Gasteiger partial charge in [0.2, 0.25) is 0 Å². The zero-order valence-corrected chi connectivity index (χ0v) is 27.2.